The van der Waals surface area contributed by atoms with E-state index in [0.717, 1.165) is 12.5 Å². The largest absolute Gasteiger partial charge is 1.00 e. The average molecular weight is 328 g/mol. The van der Waals surface area contributed by atoms with E-state index in [9.17, 15) is 14.7 Å². The first-order valence-corrected chi connectivity index (χ1v) is 6.74. The SMILES string of the molecule is CC(CCc1ccccc1)C(=O)O.CC=CC=CC(=O)[O-].[K+]. The Morgan fingerprint density at radius 3 is 2.27 bits per heavy atom. The summed E-state index contributed by atoms with van der Waals surface area (Å²) in [6, 6.07) is 9.95. The molecule has 1 unspecified atom stereocenters. The average Bonchev–Trinajstić information content (AvgIpc) is 2.46. The van der Waals surface area contributed by atoms with Crippen molar-refractivity contribution in [2.24, 2.45) is 5.92 Å². The molecule has 22 heavy (non-hydrogen) atoms. The Labute approximate surface area is 174 Å². The number of carboxylic acids is 2. The maximum absolute atomic E-state index is 10.5. The van der Waals surface area contributed by atoms with Crippen LogP contribution in [0.5, 0.6) is 0 Å². The topological polar surface area (TPSA) is 77.4 Å². The molecule has 114 valence electrons. The molecule has 0 aliphatic heterocycles. The zero-order valence-corrected chi connectivity index (χ0v) is 16.5. The molecule has 0 saturated carbocycles. The molecular formula is C17H21KO4. The molecule has 0 aliphatic carbocycles. The first-order valence-electron chi connectivity index (χ1n) is 6.74. The summed E-state index contributed by atoms with van der Waals surface area (Å²) in [6.45, 7) is 3.55. The Balaban J connectivity index is 0. The summed E-state index contributed by atoms with van der Waals surface area (Å²) in [7, 11) is 0. The van der Waals surface area contributed by atoms with Gasteiger partial charge >= 0.3 is 57.4 Å². The summed E-state index contributed by atoms with van der Waals surface area (Å²) in [5.74, 6) is -2.13. The summed E-state index contributed by atoms with van der Waals surface area (Å²) >= 11 is 0. The molecule has 0 aromatic heterocycles. The number of carbonyl (C=O) groups excluding carboxylic acids is 1. The van der Waals surface area contributed by atoms with E-state index in [4.69, 9.17) is 5.11 Å². The second-order valence-electron chi connectivity index (χ2n) is 4.47. The van der Waals surface area contributed by atoms with E-state index in [1.165, 1.54) is 11.6 Å². The van der Waals surface area contributed by atoms with Gasteiger partial charge in [-0.25, -0.2) is 0 Å². The van der Waals surface area contributed by atoms with Crippen LogP contribution in [0.4, 0.5) is 0 Å². The summed E-state index contributed by atoms with van der Waals surface area (Å²) in [6.07, 6.45) is 7.29. The van der Waals surface area contributed by atoms with Gasteiger partial charge in [-0.05, 0) is 31.4 Å². The minimum atomic E-state index is -1.16. The van der Waals surface area contributed by atoms with Crippen molar-refractivity contribution < 1.29 is 71.2 Å². The van der Waals surface area contributed by atoms with E-state index in [-0.39, 0.29) is 57.3 Å². The fourth-order valence-corrected chi connectivity index (χ4v) is 1.40. The molecule has 1 atom stereocenters. The number of hydrogen-bond donors (Lipinski definition) is 1. The molecule has 0 amide bonds. The molecule has 1 aromatic rings. The van der Waals surface area contributed by atoms with Crippen LogP contribution in [0.15, 0.2) is 54.6 Å². The van der Waals surface area contributed by atoms with Gasteiger partial charge in [0.05, 0.1) is 11.9 Å². The van der Waals surface area contributed by atoms with Crippen LogP contribution in [-0.2, 0) is 16.0 Å². The second kappa shape index (κ2) is 15.2. The summed E-state index contributed by atoms with van der Waals surface area (Å²) in [4.78, 5) is 20.2. The molecule has 0 heterocycles. The molecule has 0 radical (unpaired) electrons. The van der Waals surface area contributed by atoms with Crippen molar-refractivity contribution in [1.29, 1.82) is 0 Å². The quantitative estimate of drug-likeness (QED) is 0.422. The van der Waals surface area contributed by atoms with Gasteiger partial charge in [-0.2, -0.15) is 0 Å². The van der Waals surface area contributed by atoms with E-state index in [2.05, 4.69) is 0 Å². The van der Waals surface area contributed by atoms with Crippen molar-refractivity contribution in [2.75, 3.05) is 0 Å². The van der Waals surface area contributed by atoms with Crippen LogP contribution in [0, 0.1) is 5.92 Å². The van der Waals surface area contributed by atoms with E-state index in [1.54, 1.807) is 26.0 Å². The number of rotatable bonds is 6. The summed E-state index contributed by atoms with van der Waals surface area (Å²) in [5.41, 5.74) is 1.20. The number of allylic oxidation sites excluding steroid dienone is 3. The Kier molecular flexibility index (Phi) is 16.2. The normalized spacial score (nSPS) is 11.4. The van der Waals surface area contributed by atoms with Gasteiger partial charge < -0.3 is 15.0 Å². The maximum atomic E-state index is 10.5. The van der Waals surface area contributed by atoms with Gasteiger partial charge in [0.15, 0.2) is 0 Å². The number of hydrogen-bond acceptors (Lipinski definition) is 3. The van der Waals surface area contributed by atoms with Crippen LogP contribution in [-0.4, -0.2) is 17.0 Å². The third kappa shape index (κ3) is 14.2. The van der Waals surface area contributed by atoms with E-state index >= 15 is 0 Å². The molecule has 1 N–H and O–H groups in total. The molecule has 4 nitrogen and oxygen atoms in total. The van der Waals surface area contributed by atoms with Crippen molar-refractivity contribution in [3.05, 3.63) is 60.2 Å². The van der Waals surface area contributed by atoms with Gasteiger partial charge in [-0.1, -0.05) is 55.5 Å². The second-order valence-corrected chi connectivity index (χ2v) is 4.47. The van der Waals surface area contributed by atoms with Gasteiger partial charge in [-0.15, -0.1) is 0 Å². The third-order valence-corrected chi connectivity index (χ3v) is 2.67. The number of aryl methyl sites for hydroxylation is 1. The van der Waals surface area contributed by atoms with E-state index in [0.29, 0.717) is 6.42 Å². The molecule has 0 fully saturated rings. The Hall–Kier alpha value is -0.724. The van der Waals surface area contributed by atoms with Crippen molar-refractivity contribution in [1.82, 2.24) is 0 Å². The Morgan fingerprint density at radius 2 is 1.82 bits per heavy atom. The molecule has 0 aliphatic rings. The molecule has 0 saturated heterocycles. The van der Waals surface area contributed by atoms with Crippen LogP contribution in [0.3, 0.4) is 0 Å². The predicted molar refractivity (Wildman–Crippen MR) is 80.5 cm³/mol. The van der Waals surface area contributed by atoms with Crippen molar-refractivity contribution in [3.8, 4) is 0 Å². The van der Waals surface area contributed by atoms with Crippen LogP contribution in [0.25, 0.3) is 0 Å². The molecule has 1 aromatic carbocycles. The zero-order valence-electron chi connectivity index (χ0n) is 13.4. The van der Waals surface area contributed by atoms with E-state index < -0.39 is 11.9 Å². The maximum Gasteiger partial charge on any atom is 1.00 e. The first-order chi connectivity index (χ1) is 9.97. The molecule has 5 heteroatoms. The summed E-state index contributed by atoms with van der Waals surface area (Å²) in [5, 5.41) is 18.3. The van der Waals surface area contributed by atoms with Crippen molar-refractivity contribution in [2.45, 2.75) is 26.7 Å². The van der Waals surface area contributed by atoms with Crippen LogP contribution < -0.4 is 56.5 Å². The Bertz CT molecular complexity index is 481. The predicted octanol–water partition coefficient (Wildman–Crippen LogP) is -0.787. The monoisotopic (exact) mass is 328 g/mol. The fourth-order valence-electron chi connectivity index (χ4n) is 1.40. The van der Waals surface area contributed by atoms with E-state index in [1.807, 2.05) is 30.3 Å². The first kappa shape index (κ1) is 23.5. The molecule has 1 rings (SSSR count). The standard InChI is InChI=1S/C11H14O2.C6H8O2.K/c1-9(11(12)13)7-8-10-5-3-2-4-6-10;1-2-3-4-5-6(7)8;/h2-6,9H,7-8H2,1H3,(H,12,13);2-5H,1H3,(H,7,8);/q;;+1/p-1. The molecule has 0 bridgehead atoms. The minimum Gasteiger partial charge on any atom is -0.545 e. The zero-order chi connectivity index (χ0) is 16.1. The van der Waals surface area contributed by atoms with Gasteiger partial charge in [0, 0.05) is 0 Å². The number of aliphatic carboxylic acids is 2. The minimum absolute atomic E-state index is 0. The van der Waals surface area contributed by atoms with Crippen molar-refractivity contribution >= 4 is 11.9 Å². The number of carbonyl (C=O) groups is 2. The number of carboxylic acid groups (broad SMARTS) is 2. The van der Waals surface area contributed by atoms with Crippen molar-refractivity contribution in [3.63, 3.8) is 0 Å². The number of benzene rings is 1. The van der Waals surface area contributed by atoms with Crippen LogP contribution >= 0.6 is 0 Å². The smallest absolute Gasteiger partial charge is 0.545 e. The van der Waals surface area contributed by atoms with Gasteiger partial charge in [0.2, 0.25) is 0 Å². The van der Waals surface area contributed by atoms with Gasteiger partial charge in [-0.3, -0.25) is 4.79 Å². The molecular weight excluding hydrogens is 307 g/mol. The third-order valence-electron chi connectivity index (χ3n) is 2.67. The van der Waals surface area contributed by atoms with Crippen LogP contribution in [0.2, 0.25) is 0 Å². The Morgan fingerprint density at radius 1 is 1.23 bits per heavy atom. The summed E-state index contributed by atoms with van der Waals surface area (Å²) < 4.78 is 0. The fraction of sp³-hybridized carbons (Fsp3) is 0.294. The molecule has 0 spiro atoms. The van der Waals surface area contributed by atoms with Gasteiger partial charge in [0.25, 0.3) is 0 Å². The van der Waals surface area contributed by atoms with Gasteiger partial charge in [0.1, 0.15) is 0 Å². The van der Waals surface area contributed by atoms with Crippen LogP contribution in [0.1, 0.15) is 25.8 Å².